The molecule has 2 aromatic carbocycles. The predicted molar refractivity (Wildman–Crippen MR) is 111 cm³/mol. The van der Waals surface area contributed by atoms with Crippen molar-refractivity contribution in [3.05, 3.63) is 59.2 Å². The molecule has 28 heavy (non-hydrogen) atoms. The summed E-state index contributed by atoms with van der Waals surface area (Å²) in [6.45, 7) is 5.40. The van der Waals surface area contributed by atoms with Crippen LogP contribution in [0.3, 0.4) is 0 Å². The van der Waals surface area contributed by atoms with Crippen LogP contribution in [0.15, 0.2) is 47.5 Å². The van der Waals surface area contributed by atoms with E-state index in [0.29, 0.717) is 23.8 Å². The Hall–Kier alpha value is -2.86. The van der Waals surface area contributed by atoms with Gasteiger partial charge in [0.25, 0.3) is 5.91 Å². The van der Waals surface area contributed by atoms with Crippen molar-refractivity contribution in [3.8, 4) is 5.75 Å². The second-order valence-electron chi connectivity index (χ2n) is 6.93. The first-order valence-electron chi connectivity index (χ1n) is 9.51. The molecule has 1 saturated heterocycles. The molecule has 6 nitrogen and oxygen atoms in total. The lowest BCUT2D eigenvalue weighted by molar-refractivity contribution is 0.0975. The molecule has 0 radical (unpaired) electrons. The standard InChI is InChI=1S/C22H27N3O3/c1-15-9-10-18(12-16(15)2)24-22(23-14-20-8-5-11-28-20)25-21(26)17-6-4-7-19(13-17)27-3/h4,6-7,9-10,12-13,20H,5,8,11,14H2,1-3H3,(H2,23,24,25,26)/t20-/m1/s1. The second kappa shape index (κ2) is 9.37. The topological polar surface area (TPSA) is 72.0 Å². The van der Waals surface area contributed by atoms with Gasteiger partial charge in [-0.15, -0.1) is 0 Å². The molecule has 6 heteroatoms. The van der Waals surface area contributed by atoms with Crippen molar-refractivity contribution in [2.45, 2.75) is 32.8 Å². The minimum atomic E-state index is -0.249. The van der Waals surface area contributed by atoms with Crippen molar-refractivity contribution in [1.82, 2.24) is 5.32 Å². The zero-order chi connectivity index (χ0) is 19.9. The third kappa shape index (κ3) is 5.33. The van der Waals surface area contributed by atoms with E-state index in [1.54, 1.807) is 31.4 Å². The van der Waals surface area contributed by atoms with Crippen molar-refractivity contribution in [2.24, 2.45) is 4.99 Å². The number of hydrogen-bond acceptors (Lipinski definition) is 4. The van der Waals surface area contributed by atoms with Gasteiger partial charge in [-0.3, -0.25) is 10.1 Å². The van der Waals surface area contributed by atoms with Crippen LogP contribution in [0.5, 0.6) is 5.75 Å². The maximum atomic E-state index is 12.7. The van der Waals surface area contributed by atoms with Crippen LogP contribution in [0.25, 0.3) is 0 Å². The highest BCUT2D eigenvalue weighted by Gasteiger charge is 2.16. The summed E-state index contributed by atoms with van der Waals surface area (Å²) in [5.41, 5.74) is 3.76. The molecule has 1 aliphatic heterocycles. The molecule has 0 aromatic heterocycles. The Labute approximate surface area is 166 Å². The zero-order valence-corrected chi connectivity index (χ0v) is 16.6. The highest BCUT2D eigenvalue weighted by atomic mass is 16.5. The summed E-state index contributed by atoms with van der Waals surface area (Å²) >= 11 is 0. The highest BCUT2D eigenvalue weighted by Crippen LogP contribution is 2.16. The summed E-state index contributed by atoms with van der Waals surface area (Å²) in [5, 5.41) is 6.11. The monoisotopic (exact) mass is 381 g/mol. The fraction of sp³-hybridized carbons (Fsp3) is 0.364. The number of nitrogens with zero attached hydrogens (tertiary/aromatic N) is 1. The number of nitrogens with one attached hydrogen (secondary N) is 2. The number of benzene rings is 2. The van der Waals surface area contributed by atoms with Crippen molar-refractivity contribution in [3.63, 3.8) is 0 Å². The van der Waals surface area contributed by atoms with Gasteiger partial charge in [-0.2, -0.15) is 0 Å². The van der Waals surface area contributed by atoms with Crippen molar-refractivity contribution in [2.75, 3.05) is 25.6 Å². The van der Waals surface area contributed by atoms with E-state index in [1.165, 1.54) is 11.1 Å². The number of amides is 1. The lowest BCUT2D eigenvalue weighted by Gasteiger charge is -2.14. The van der Waals surface area contributed by atoms with Gasteiger partial charge in [0.2, 0.25) is 5.96 Å². The van der Waals surface area contributed by atoms with Gasteiger partial charge in [0.05, 0.1) is 19.8 Å². The van der Waals surface area contributed by atoms with Crippen LogP contribution in [-0.2, 0) is 4.74 Å². The molecular weight excluding hydrogens is 354 g/mol. The van der Waals surface area contributed by atoms with Crippen LogP contribution < -0.4 is 15.4 Å². The van der Waals surface area contributed by atoms with Gasteiger partial charge in [-0.1, -0.05) is 12.1 Å². The SMILES string of the molecule is COc1cccc(C(=O)NC(=NC[C@H]2CCCO2)Nc2ccc(C)c(C)c2)c1. The number of hydrogen-bond donors (Lipinski definition) is 2. The van der Waals surface area contributed by atoms with Crippen LogP contribution in [0.4, 0.5) is 5.69 Å². The molecule has 1 aliphatic rings. The molecule has 3 rings (SSSR count). The van der Waals surface area contributed by atoms with Gasteiger partial charge < -0.3 is 14.8 Å². The largest absolute Gasteiger partial charge is 0.497 e. The first-order chi connectivity index (χ1) is 13.5. The van der Waals surface area contributed by atoms with Gasteiger partial charge in [-0.05, 0) is 68.1 Å². The van der Waals surface area contributed by atoms with Crippen LogP contribution in [-0.4, -0.2) is 38.2 Å². The summed E-state index contributed by atoms with van der Waals surface area (Å²) in [6.07, 6.45) is 2.14. The summed E-state index contributed by atoms with van der Waals surface area (Å²) in [7, 11) is 1.58. The normalized spacial score (nSPS) is 16.7. The quantitative estimate of drug-likeness (QED) is 0.612. The Balaban J connectivity index is 1.76. The van der Waals surface area contributed by atoms with Crippen LogP contribution in [0, 0.1) is 13.8 Å². The van der Waals surface area contributed by atoms with E-state index in [2.05, 4.69) is 29.5 Å². The van der Waals surface area contributed by atoms with E-state index in [4.69, 9.17) is 9.47 Å². The highest BCUT2D eigenvalue weighted by molar-refractivity contribution is 6.10. The number of ether oxygens (including phenoxy) is 2. The fourth-order valence-electron chi connectivity index (χ4n) is 2.99. The average Bonchev–Trinajstić information content (AvgIpc) is 3.22. The van der Waals surface area contributed by atoms with E-state index in [-0.39, 0.29) is 12.0 Å². The van der Waals surface area contributed by atoms with Crippen molar-refractivity contribution in [1.29, 1.82) is 0 Å². The van der Waals surface area contributed by atoms with E-state index >= 15 is 0 Å². The molecule has 148 valence electrons. The number of aliphatic imine (C=N–C) groups is 1. The Kier molecular flexibility index (Phi) is 6.66. The minimum absolute atomic E-state index is 0.102. The zero-order valence-electron chi connectivity index (χ0n) is 16.6. The van der Waals surface area contributed by atoms with Gasteiger partial charge in [0, 0.05) is 17.9 Å². The summed E-state index contributed by atoms with van der Waals surface area (Å²) < 4.78 is 10.8. The van der Waals surface area contributed by atoms with E-state index in [0.717, 1.165) is 25.1 Å². The lowest BCUT2D eigenvalue weighted by Crippen LogP contribution is -2.36. The number of carbonyl (C=O) groups excluding carboxylic acids is 1. The van der Waals surface area contributed by atoms with E-state index in [9.17, 15) is 4.79 Å². The number of anilines is 1. The molecule has 1 heterocycles. The smallest absolute Gasteiger partial charge is 0.258 e. The van der Waals surface area contributed by atoms with Gasteiger partial charge >= 0.3 is 0 Å². The van der Waals surface area contributed by atoms with Crippen LogP contribution in [0.2, 0.25) is 0 Å². The van der Waals surface area contributed by atoms with Gasteiger partial charge in [-0.25, -0.2) is 4.99 Å². The molecule has 1 atom stereocenters. The lowest BCUT2D eigenvalue weighted by atomic mass is 10.1. The molecule has 2 aromatic rings. The van der Waals surface area contributed by atoms with E-state index in [1.807, 2.05) is 18.2 Å². The van der Waals surface area contributed by atoms with Crippen molar-refractivity contribution < 1.29 is 14.3 Å². The first-order valence-corrected chi connectivity index (χ1v) is 9.51. The molecule has 1 amide bonds. The number of rotatable bonds is 5. The fourth-order valence-corrected chi connectivity index (χ4v) is 2.99. The Morgan fingerprint density at radius 3 is 2.79 bits per heavy atom. The number of guanidine groups is 1. The van der Waals surface area contributed by atoms with Gasteiger partial charge in [0.1, 0.15) is 5.75 Å². The number of methoxy groups -OCH3 is 1. The Morgan fingerprint density at radius 2 is 2.07 bits per heavy atom. The molecule has 2 N–H and O–H groups in total. The summed E-state index contributed by atoms with van der Waals surface area (Å²) in [6, 6.07) is 13.1. The van der Waals surface area contributed by atoms with Crippen molar-refractivity contribution >= 4 is 17.6 Å². The second-order valence-corrected chi connectivity index (χ2v) is 6.93. The average molecular weight is 381 g/mol. The number of carbonyl (C=O) groups is 1. The molecule has 0 bridgehead atoms. The third-order valence-corrected chi connectivity index (χ3v) is 4.81. The maximum absolute atomic E-state index is 12.7. The van der Waals surface area contributed by atoms with Crippen LogP contribution in [0.1, 0.15) is 34.3 Å². The van der Waals surface area contributed by atoms with Crippen LogP contribution >= 0.6 is 0 Å². The Bertz CT molecular complexity index is 858. The minimum Gasteiger partial charge on any atom is -0.497 e. The predicted octanol–water partition coefficient (Wildman–Crippen LogP) is 3.69. The Morgan fingerprint density at radius 1 is 1.21 bits per heavy atom. The maximum Gasteiger partial charge on any atom is 0.258 e. The number of aryl methyl sites for hydroxylation is 2. The summed E-state index contributed by atoms with van der Waals surface area (Å²) in [4.78, 5) is 17.3. The summed E-state index contributed by atoms with van der Waals surface area (Å²) in [5.74, 6) is 0.792. The van der Waals surface area contributed by atoms with E-state index < -0.39 is 0 Å². The first kappa shape index (κ1) is 19.9. The third-order valence-electron chi connectivity index (χ3n) is 4.81. The molecule has 0 aliphatic carbocycles. The molecule has 0 saturated carbocycles. The molecule has 1 fully saturated rings. The molecule has 0 unspecified atom stereocenters. The molecule has 0 spiro atoms. The molecular formula is C22H27N3O3. The van der Waals surface area contributed by atoms with Gasteiger partial charge in [0.15, 0.2) is 0 Å².